The van der Waals surface area contributed by atoms with E-state index in [1.165, 1.54) is 6.07 Å². The van der Waals surface area contributed by atoms with Crippen LogP contribution in [0.25, 0.3) is 0 Å². The lowest BCUT2D eigenvalue weighted by Crippen LogP contribution is -2.00. The van der Waals surface area contributed by atoms with Crippen LogP contribution in [0.15, 0.2) is 12.1 Å². The van der Waals surface area contributed by atoms with Crippen LogP contribution in [0.3, 0.4) is 0 Å². The highest BCUT2D eigenvalue weighted by Crippen LogP contribution is 2.35. The van der Waals surface area contributed by atoms with Gasteiger partial charge in [-0.1, -0.05) is 23.2 Å². The maximum absolute atomic E-state index is 10.8. The lowest BCUT2D eigenvalue weighted by Gasteiger charge is -2.07. The lowest BCUT2D eigenvalue weighted by molar-refractivity contribution is -0.385. The number of benzene rings is 1. The fraction of sp³-hybridized carbons (Fsp3) is 0.364. The second kappa shape index (κ2) is 7.04. The molecule has 0 saturated carbocycles. The first-order valence-electron chi connectivity index (χ1n) is 5.19. The van der Waals surface area contributed by atoms with Crippen molar-refractivity contribution >= 4 is 28.9 Å². The van der Waals surface area contributed by atoms with Gasteiger partial charge in [0.25, 0.3) is 0 Å². The van der Waals surface area contributed by atoms with Crippen molar-refractivity contribution in [1.82, 2.24) is 0 Å². The number of halogens is 2. The molecule has 0 aliphatic carbocycles. The average molecular weight is 289 g/mol. The number of hydrogen-bond donors (Lipinski definition) is 0. The van der Waals surface area contributed by atoms with Crippen molar-refractivity contribution in [2.75, 3.05) is 6.61 Å². The summed E-state index contributed by atoms with van der Waals surface area (Å²) in [5.74, 6) is 0.0892. The molecule has 0 aromatic heterocycles. The number of nitro benzene ring substituents is 1. The van der Waals surface area contributed by atoms with Gasteiger partial charge in [0.15, 0.2) is 5.75 Å². The average Bonchev–Trinajstić information content (AvgIpc) is 2.32. The predicted molar refractivity (Wildman–Crippen MR) is 68.1 cm³/mol. The molecule has 1 aromatic rings. The molecule has 0 spiro atoms. The van der Waals surface area contributed by atoms with Crippen LogP contribution in [0.2, 0.25) is 10.0 Å². The molecule has 0 saturated heterocycles. The minimum Gasteiger partial charge on any atom is -0.487 e. The normalized spacial score (nSPS) is 9.83. The molecule has 0 aliphatic heterocycles. The van der Waals surface area contributed by atoms with Crippen LogP contribution in [0, 0.1) is 21.4 Å². The lowest BCUT2D eigenvalue weighted by atomic mass is 10.2. The van der Waals surface area contributed by atoms with Crippen molar-refractivity contribution in [3.05, 3.63) is 32.3 Å². The second-order valence-electron chi connectivity index (χ2n) is 3.45. The number of hydrogen-bond acceptors (Lipinski definition) is 4. The Balaban J connectivity index is 2.72. The third-order valence-electron chi connectivity index (χ3n) is 2.14. The minimum absolute atomic E-state index is 0.0892. The molecule has 0 aliphatic rings. The van der Waals surface area contributed by atoms with E-state index < -0.39 is 4.92 Å². The molecule has 0 radical (unpaired) electrons. The minimum atomic E-state index is -0.577. The number of rotatable bonds is 6. The van der Waals surface area contributed by atoms with Gasteiger partial charge in [-0.25, -0.2) is 0 Å². The van der Waals surface area contributed by atoms with E-state index in [9.17, 15) is 10.1 Å². The molecule has 96 valence electrons. The van der Waals surface area contributed by atoms with Gasteiger partial charge in [0.1, 0.15) is 0 Å². The maximum Gasteiger partial charge on any atom is 0.312 e. The van der Waals surface area contributed by atoms with E-state index in [1.54, 1.807) is 0 Å². The van der Waals surface area contributed by atoms with E-state index in [2.05, 4.69) is 0 Å². The Bertz CT molecular complexity index is 486. The quantitative estimate of drug-likeness (QED) is 0.451. The number of nitriles is 1. The van der Waals surface area contributed by atoms with Gasteiger partial charge >= 0.3 is 5.69 Å². The molecular formula is C11H10Cl2N2O3. The van der Waals surface area contributed by atoms with Crippen molar-refractivity contribution in [2.45, 2.75) is 19.3 Å². The van der Waals surface area contributed by atoms with Crippen LogP contribution in [0.1, 0.15) is 19.3 Å². The predicted octanol–water partition coefficient (Wildman–Crippen LogP) is 3.97. The molecule has 0 unspecified atom stereocenters. The molecule has 0 N–H and O–H groups in total. The smallest absolute Gasteiger partial charge is 0.312 e. The highest BCUT2D eigenvalue weighted by atomic mass is 35.5. The van der Waals surface area contributed by atoms with Crippen LogP contribution < -0.4 is 4.74 Å². The van der Waals surface area contributed by atoms with Crippen LogP contribution in [0.4, 0.5) is 5.69 Å². The summed E-state index contributed by atoms with van der Waals surface area (Å²) in [6.07, 6.45) is 1.77. The third-order valence-corrected chi connectivity index (χ3v) is 2.86. The van der Waals surface area contributed by atoms with Crippen molar-refractivity contribution < 1.29 is 9.66 Å². The SMILES string of the molecule is N#CCCCCOc1cc(Cl)c(Cl)cc1[N+](=O)[O-]. The van der Waals surface area contributed by atoms with Gasteiger partial charge in [-0.15, -0.1) is 0 Å². The topological polar surface area (TPSA) is 76.2 Å². The van der Waals surface area contributed by atoms with Crippen molar-refractivity contribution in [1.29, 1.82) is 5.26 Å². The maximum atomic E-state index is 10.8. The van der Waals surface area contributed by atoms with E-state index in [0.29, 0.717) is 25.9 Å². The van der Waals surface area contributed by atoms with Gasteiger partial charge in [-0.2, -0.15) is 5.26 Å². The Kier molecular flexibility index (Phi) is 5.69. The Labute approximate surface area is 114 Å². The Morgan fingerprint density at radius 2 is 2.00 bits per heavy atom. The van der Waals surface area contributed by atoms with Crippen LogP contribution in [0.5, 0.6) is 5.75 Å². The van der Waals surface area contributed by atoms with Gasteiger partial charge < -0.3 is 4.74 Å². The van der Waals surface area contributed by atoms with E-state index >= 15 is 0 Å². The van der Waals surface area contributed by atoms with Crippen LogP contribution >= 0.6 is 23.2 Å². The highest BCUT2D eigenvalue weighted by Gasteiger charge is 2.18. The fourth-order valence-corrected chi connectivity index (χ4v) is 1.58. The molecule has 0 atom stereocenters. The molecule has 0 heterocycles. The molecule has 18 heavy (non-hydrogen) atoms. The van der Waals surface area contributed by atoms with E-state index in [4.69, 9.17) is 33.2 Å². The summed E-state index contributed by atoms with van der Waals surface area (Å²) in [7, 11) is 0. The Morgan fingerprint density at radius 3 is 2.61 bits per heavy atom. The van der Waals surface area contributed by atoms with Crippen LogP contribution in [-0.4, -0.2) is 11.5 Å². The molecule has 0 amide bonds. The largest absolute Gasteiger partial charge is 0.487 e. The third kappa shape index (κ3) is 4.06. The van der Waals surface area contributed by atoms with E-state index in [1.807, 2.05) is 6.07 Å². The van der Waals surface area contributed by atoms with Crippen molar-refractivity contribution in [3.8, 4) is 11.8 Å². The van der Waals surface area contributed by atoms with Crippen LogP contribution in [-0.2, 0) is 0 Å². The van der Waals surface area contributed by atoms with E-state index in [-0.39, 0.29) is 21.5 Å². The first kappa shape index (κ1) is 14.6. The summed E-state index contributed by atoms with van der Waals surface area (Å²) >= 11 is 11.5. The second-order valence-corrected chi connectivity index (χ2v) is 4.27. The highest BCUT2D eigenvalue weighted by molar-refractivity contribution is 6.42. The molecule has 0 fully saturated rings. The first-order chi connectivity index (χ1) is 8.56. The zero-order valence-electron chi connectivity index (χ0n) is 9.36. The standard InChI is InChI=1S/C11H10Cl2N2O3/c12-8-6-10(15(16)17)11(7-9(8)13)18-5-3-1-2-4-14/h6-7H,1-3,5H2. The molecule has 1 rings (SSSR count). The Morgan fingerprint density at radius 1 is 1.33 bits per heavy atom. The zero-order chi connectivity index (χ0) is 13.5. The summed E-state index contributed by atoms with van der Waals surface area (Å²) in [6, 6.07) is 4.50. The zero-order valence-corrected chi connectivity index (χ0v) is 10.9. The van der Waals surface area contributed by atoms with Gasteiger partial charge in [0.2, 0.25) is 0 Å². The molecule has 1 aromatic carbocycles. The summed E-state index contributed by atoms with van der Waals surface area (Å²) in [4.78, 5) is 10.2. The monoisotopic (exact) mass is 288 g/mol. The number of ether oxygens (including phenoxy) is 1. The van der Waals surface area contributed by atoms with Gasteiger partial charge in [0.05, 0.1) is 27.6 Å². The Hall–Kier alpha value is -1.51. The number of unbranched alkanes of at least 4 members (excludes halogenated alkanes) is 2. The summed E-state index contributed by atoms with van der Waals surface area (Å²) in [5, 5.41) is 19.5. The van der Waals surface area contributed by atoms with Gasteiger partial charge in [0, 0.05) is 18.6 Å². The van der Waals surface area contributed by atoms with Gasteiger partial charge in [-0.3, -0.25) is 10.1 Å². The van der Waals surface area contributed by atoms with E-state index in [0.717, 1.165) is 6.07 Å². The summed E-state index contributed by atoms with van der Waals surface area (Å²) in [5.41, 5.74) is -0.218. The number of nitro groups is 1. The van der Waals surface area contributed by atoms with Gasteiger partial charge in [-0.05, 0) is 12.8 Å². The summed E-state index contributed by atoms with van der Waals surface area (Å²) in [6.45, 7) is 0.292. The molecular weight excluding hydrogens is 279 g/mol. The molecule has 5 nitrogen and oxygen atoms in total. The summed E-state index contributed by atoms with van der Waals surface area (Å²) < 4.78 is 5.29. The van der Waals surface area contributed by atoms with Crippen molar-refractivity contribution in [2.24, 2.45) is 0 Å². The fourth-order valence-electron chi connectivity index (χ4n) is 1.26. The van der Waals surface area contributed by atoms with Crippen molar-refractivity contribution in [3.63, 3.8) is 0 Å². The molecule has 7 heteroatoms. The molecule has 0 bridgehead atoms. The number of nitrogens with zero attached hydrogens (tertiary/aromatic N) is 2. The first-order valence-corrected chi connectivity index (χ1v) is 5.95.